The van der Waals surface area contributed by atoms with Crippen molar-refractivity contribution in [3.05, 3.63) is 194 Å². The van der Waals surface area contributed by atoms with Gasteiger partial charge in [0.25, 0.3) is 0 Å². The van der Waals surface area contributed by atoms with Gasteiger partial charge in [0.15, 0.2) is 0 Å². The Kier molecular flexibility index (Phi) is 6.55. The molecule has 3 heteroatoms. The van der Waals surface area contributed by atoms with E-state index in [9.17, 15) is 0 Å². The molecular formula is C50H32N2O. The SMILES string of the molecule is c1ccc(-c2ccc3c(c2)c2cc(-c4ccccc4)ccc2n3-c2cccc(-c3cccc4c3c3c5ccccc5oc3n4-c3ccccc3)c2)cc1. The lowest BCUT2D eigenvalue weighted by molar-refractivity contribution is 0.645. The Morgan fingerprint density at radius 3 is 1.57 bits per heavy atom. The van der Waals surface area contributed by atoms with Crippen LogP contribution in [0.5, 0.6) is 0 Å². The molecule has 0 bridgehead atoms. The lowest BCUT2D eigenvalue weighted by Crippen LogP contribution is -1.95. The van der Waals surface area contributed by atoms with Gasteiger partial charge in [-0.25, -0.2) is 0 Å². The molecule has 0 amide bonds. The molecule has 0 fully saturated rings. The lowest BCUT2D eigenvalue weighted by atomic mass is 9.98. The van der Waals surface area contributed by atoms with Gasteiger partial charge in [-0.2, -0.15) is 0 Å². The van der Waals surface area contributed by atoms with E-state index in [0.717, 1.165) is 44.5 Å². The lowest BCUT2D eigenvalue weighted by Gasteiger charge is -2.12. The number of hydrogen-bond acceptors (Lipinski definition) is 1. The third kappa shape index (κ3) is 4.61. The predicted octanol–water partition coefficient (Wildman–Crippen LogP) is 13.6. The van der Waals surface area contributed by atoms with Crippen LogP contribution in [0.15, 0.2) is 199 Å². The first-order chi connectivity index (χ1) is 26.3. The Hall–Kier alpha value is -7.10. The Morgan fingerprint density at radius 2 is 0.887 bits per heavy atom. The van der Waals surface area contributed by atoms with Crippen molar-refractivity contribution in [2.75, 3.05) is 0 Å². The van der Waals surface area contributed by atoms with Gasteiger partial charge in [-0.05, 0) is 94.0 Å². The summed E-state index contributed by atoms with van der Waals surface area (Å²) in [5.74, 6) is 0. The van der Waals surface area contributed by atoms with Crippen LogP contribution < -0.4 is 0 Å². The zero-order chi connectivity index (χ0) is 34.9. The molecule has 3 nitrogen and oxygen atoms in total. The highest BCUT2D eigenvalue weighted by Crippen LogP contribution is 2.44. The average molecular weight is 677 g/mol. The summed E-state index contributed by atoms with van der Waals surface area (Å²) in [5.41, 5.74) is 14.6. The largest absolute Gasteiger partial charge is 0.439 e. The first-order valence-corrected chi connectivity index (χ1v) is 18.1. The number of para-hydroxylation sites is 2. The molecule has 0 atom stereocenters. The van der Waals surface area contributed by atoms with Gasteiger partial charge in [0.2, 0.25) is 5.71 Å². The van der Waals surface area contributed by atoms with E-state index >= 15 is 0 Å². The Balaban J connectivity index is 1.16. The number of rotatable bonds is 5. The number of nitrogens with zero attached hydrogens (tertiary/aromatic N) is 2. The normalized spacial score (nSPS) is 11.8. The van der Waals surface area contributed by atoms with E-state index in [1.807, 2.05) is 6.07 Å². The maximum Gasteiger partial charge on any atom is 0.213 e. The fourth-order valence-electron chi connectivity index (χ4n) is 8.34. The highest BCUT2D eigenvalue weighted by Gasteiger charge is 2.22. The van der Waals surface area contributed by atoms with Gasteiger partial charge in [0.1, 0.15) is 5.58 Å². The van der Waals surface area contributed by atoms with Crippen molar-refractivity contribution in [1.82, 2.24) is 9.13 Å². The zero-order valence-corrected chi connectivity index (χ0v) is 28.8. The Labute approximate surface area is 306 Å². The molecule has 0 N–H and O–H groups in total. The molecular weight excluding hydrogens is 645 g/mol. The minimum atomic E-state index is 0.863. The number of fused-ring (bicyclic) bond motifs is 8. The summed E-state index contributed by atoms with van der Waals surface area (Å²) >= 11 is 0. The van der Waals surface area contributed by atoms with Crippen molar-refractivity contribution < 1.29 is 4.42 Å². The van der Waals surface area contributed by atoms with Crippen LogP contribution in [0.2, 0.25) is 0 Å². The first-order valence-electron chi connectivity index (χ1n) is 18.1. The average Bonchev–Trinajstić information content (AvgIpc) is 3.88. The Bertz CT molecular complexity index is 3050. The van der Waals surface area contributed by atoms with Crippen LogP contribution in [0, 0.1) is 0 Å². The zero-order valence-electron chi connectivity index (χ0n) is 28.8. The van der Waals surface area contributed by atoms with Gasteiger partial charge in [-0.3, -0.25) is 4.57 Å². The topological polar surface area (TPSA) is 23.0 Å². The molecule has 8 aromatic carbocycles. The summed E-state index contributed by atoms with van der Waals surface area (Å²) < 4.78 is 11.3. The predicted molar refractivity (Wildman–Crippen MR) is 221 cm³/mol. The monoisotopic (exact) mass is 676 g/mol. The second kappa shape index (κ2) is 11.7. The second-order valence-corrected chi connectivity index (χ2v) is 13.7. The molecule has 0 radical (unpaired) electrons. The summed E-state index contributed by atoms with van der Waals surface area (Å²) in [4.78, 5) is 0. The molecule has 3 heterocycles. The van der Waals surface area contributed by atoms with Crippen molar-refractivity contribution in [3.8, 4) is 44.8 Å². The van der Waals surface area contributed by atoms with E-state index in [-0.39, 0.29) is 0 Å². The summed E-state index contributed by atoms with van der Waals surface area (Å²) in [5, 5.41) is 5.92. The minimum absolute atomic E-state index is 0.863. The van der Waals surface area contributed by atoms with Crippen LogP contribution in [0.4, 0.5) is 0 Å². The Morgan fingerprint density at radius 1 is 0.321 bits per heavy atom. The molecule has 0 saturated heterocycles. The second-order valence-electron chi connectivity index (χ2n) is 13.7. The van der Waals surface area contributed by atoms with Crippen LogP contribution in [-0.2, 0) is 0 Å². The molecule has 53 heavy (non-hydrogen) atoms. The molecule has 0 saturated carbocycles. The molecule has 11 rings (SSSR count). The van der Waals surface area contributed by atoms with Gasteiger partial charge in [-0.1, -0.05) is 133 Å². The third-order valence-electron chi connectivity index (χ3n) is 10.7. The highest BCUT2D eigenvalue weighted by atomic mass is 16.3. The van der Waals surface area contributed by atoms with Crippen LogP contribution in [0.1, 0.15) is 0 Å². The molecule has 11 aromatic rings. The highest BCUT2D eigenvalue weighted by molar-refractivity contribution is 6.24. The maximum atomic E-state index is 6.63. The van der Waals surface area contributed by atoms with Gasteiger partial charge in [0.05, 0.1) is 21.9 Å². The van der Waals surface area contributed by atoms with Crippen molar-refractivity contribution >= 4 is 54.8 Å². The smallest absolute Gasteiger partial charge is 0.213 e. The summed E-state index contributed by atoms with van der Waals surface area (Å²) in [6.45, 7) is 0. The number of aromatic nitrogens is 2. The summed E-state index contributed by atoms with van der Waals surface area (Å²) in [7, 11) is 0. The quantitative estimate of drug-likeness (QED) is 0.178. The number of hydrogen-bond donors (Lipinski definition) is 0. The molecule has 248 valence electrons. The molecule has 0 aliphatic rings. The van der Waals surface area contributed by atoms with Gasteiger partial charge >= 0.3 is 0 Å². The van der Waals surface area contributed by atoms with Gasteiger partial charge in [0, 0.05) is 32.9 Å². The van der Waals surface area contributed by atoms with E-state index in [1.54, 1.807) is 0 Å². The molecule has 0 aliphatic carbocycles. The molecule has 0 spiro atoms. The molecule has 3 aromatic heterocycles. The maximum absolute atomic E-state index is 6.63. The van der Waals surface area contributed by atoms with Crippen molar-refractivity contribution in [2.24, 2.45) is 0 Å². The van der Waals surface area contributed by atoms with E-state index < -0.39 is 0 Å². The van der Waals surface area contributed by atoms with Crippen molar-refractivity contribution in [2.45, 2.75) is 0 Å². The summed E-state index contributed by atoms with van der Waals surface area (Å²) in [6.07, 6.45) is 0. The standard InChI is InChI=1S/C50H32N2O/c1-4-14-33(15-5-1)35-26-28-44-42(31-35)43-32-36(34-16-6-2-7-17-34)27-29-45(43)51(44)39-21-12-18-37(30-39)40-23-13-24-46-48(40)49-41-22-10-11-25-47(41)53-50(49)52(46)38-19-8-3-9-20-38/h1-32H. The van der Waals surface area contributed by atoms with E-state index in [2.05, 4.69) is 197 Å². The fraction of sp³-hybridized carbons (Fsp3) is 0. The van der Waals surface area contributed by atoms with Crippen LogP contribution in [0.25, 0.3) is 99.5 Å². The van der Waals surface area contributed by atoms with Crippen LogP contribution in [0.3, 0.4) is 0 Å². The van der Waals surface area contributed by atoms with E-state index in [1.165, 1.54) is 55.0 Å². The number of benzene rings is 8. The molecule has 0 unspecified atom stereocenters. The van der Waals surface area contributed by atoms with Crippen LogP contribution in [-0.4, -0.2) is 9.13 Å². The van der Waals surface area contributed by atoms with Crippen molar-refractivity contribution in [1.29, 1.82) is 0 Å². The molecule has 0 aliphatic heterocycles. The fourth-order valence-corrected chi connectivity index (χ4v) is 8.34. The minimum Gasteiger partial charge on any atom is -0.439 e. The van der Waals surface area contributed by atoms with Crippen LogP contribution >= 0.6 is 0 Å². The third-order valence-corrected chi connectivity index (χ3v) is 10.7. The van der Waals surface area contributed by atoms with E-state index in [0.29, 0.717) is 0 Å². The van der Waals surface area contributed by atoms with E-state index in [4.69, 9.17) is 4.42 Å². The number of furan rings is 1. The van der Waals surface area contributed by atoms with Crippen molar-refractivity contribution in [3.63, 3.8) is 0 Å². The van der Waals surface area contributed by atoms with Gasteiger partial charge < -0.3 is 8.98 Å². The summed E-state index contributed by atoms with van der Waals surface area (Å²) in [6, 6.07) is 69.6. The first kappa shape index (κ1) is 29.6. The van der Waals surface area contributed by atoms with Gasteiger partial charge in [-0.15, -0.1) is 0 Å².